The van der Waals surface area contributed by atoms with E-state index in [-0.39, 0.29) is 25.7 Å². The third-order valence-electron chi connectivity index (χ3n) is 15.8. The Bertz CT molecular complexity index is 1750. The van der Waals surface area contributed by atoms with Crippen LogP contribution in [0.2, 0.25) is 0 Å². The largest absolute Gasteiger partial charge is 0.472 e. The fourth-order valence-corrected chi connectivity index (χ4v) is 11.9. The highest BCUT2D eigenvalue weighted by atomic mass is 31.2. The van der Waals surface area contributed by atoms with Crippen LogP contribution in [0.3, 0.4) is 0 Å². The van der Waals surface area contributed by atoms with Crippen LogP contribution in [0.15, 0.2) is 0 Å². The molecule has 0 fully saturated rings. The molecule has 0 aliphatic rings. The van der Waals surface area contributed by atoms with Crippen molar-refractivity contribution in [2.75, 3.05) is 39.6 Å². The minimum Gasteiger partial charge on any atom is -0.462 e. The molecule has 0 aliphatic heterocycles. The third-order valence-corrected chi connectivity index (χ3v) is 17.7. The summed E-state index contributed by atoms with van der Waals surface area (Å²) in [6.45, 7) is 14.0. The van der Waals surface area contributed by atoms with Crippen LogP contribution in [0, 0.1) is 23.7 Å². The normalized spacial score (nSPS) is 14.3. The van der Waals surface area contributed by atoms with Crippen molar-refractivity contribution in [3.8, 4) is 0 Å². The van der Waals surface area contributed by atoms with E-state index in [0.717, 1.165) is 108 Å². The van der Waals surface area contributed by atoms with E-state index in [2.05, 4.69) is 55.4 Å². The summed E-state index contributed by atoms with van der Waals surface area (Å²) in [5.74, 6) is 0.769. The minimum absolute atomic E-state index is 0.102. The van der Waals surface area contributed by atoms with Gasteiger partial charge in [0.25, 0.3) is 0 Å². The van der Waals surface area contributed by atoms with Crippen molar-refractivity contribution >= 4 is 39.5 Å². The Morgan fingerprint density at radius 3 is 0.705 bits per heavy atom. The third kappa shape index (κ3) is 62.8. The summed E-state index contributed by atoms with van der Waals surface area (Å²) in [6.07, 6.45) is 40.7. The standard InChI is InChI=1S/C69H134O17P2/c1-59(2)45-37-29-21-16-14-12-10-9-11-13-15-17-25-35-43-51-68(73)85-64(55-79-66(71)49-41-33-24-19-18-22-30-38-46-60(3)4)57-83-87(75,76)81-53-63(70)54-82-88(77,78)84-58-65(56-80-67(72)50-42-34-28-27-32-40-48-62(7)8)86-69(74)52-44-36-26-20-23-31-39-47-61(5)6/h59-65,70H,9-58H2,1-8H3,(H,75,76)(H,77,78)/t63-,64-,65-/m1/s1. The molecular weight excluding hydrogens is 1160 g/mol. The van der Waals surface area contributed by atoms with Crippen LogP contribution >= 0.6 is 15.6 Å². The molecule has 0 saturated carbocycles. The summed E-state index contributed by atoms with van der Waals surface area (Å²) in [7, 11) is -9.90. The summed E-state index contributed by atoms with van der Waals surface area (Å²) >= 11 is 0. The molecule has 0 aromatic heterocycles. The highest BCUT2D eigenvalue weighted by Crippen LogP contribution is 2.45. The number of aliphatic hydroxyl groups is 1. The molecule has 0 bridgehead atoms. The molecule has 19 heteroatoms. The fraction of sp³-hybridized carbons (Fsp3) is 0.942. The summed E-state index contributed by atoms with van der Waals surface area (Å²) in [5, 5.41) is 10.6. The molecule has 0 radical (unpaired) electrons. The zero-order valence-corrected chi connectivity index (χ0v) is 59.1. The predicted molar refractivity (Wildman–Crippen MR) is 354 cm³/mol. The number of carbonyl (C=O) groups excluding carboxylic acids is 4. The van der Waals surface area contributed by atoms with E-state index >= 15 is 0 Å². The maximum atomic E-state index is 13.0. The lowest BCUT2D eigenvalue weighted by Gasteiger charge is -2.21. The first kappa shape index (κ1) is 86.1. The van der Waals surface area contributed by atoms with Crippen LogP contribution in [-0.4, -0.2) is 96.7 Å². The smallest absolute Gasteiger partial charge is 0.462 e. The van der Waals surface area contributed by atoms with Crippen molar-refractivity contribution < 1.29 is 80.2 Å². The van der Waals surface area contributed by atoms with E-state index in [1.807, 2.05) is 0 Å². The van der Waals surface area contributed by atoms with Gasteiger partial charge in [0.2, 0.25) is 0 Å². The van der Waals surface area contributed by atoms with Crippen LogP contribution in [0.25, 0.3) is 0 Å². The van der Waals surface area contributed by atoms with Crippen molar-refractivity contribution in [2.45, 2.75) is 356 Å². The Hall–Kier alpha value is -1.94. The maximum absolute atomic E-state index is 13.0. The van der Waals surface area contributed by atoms with Gasteiger partial charge >= 0.3 is 39.5 Å². The quantitative estimate of drug-likeness (QED) is 0.0222. The molecule has 0 amide bonds. The lowest BCUT2D eigenvalue weighted by atomic mass is 10.0. The van der Waals surface area contributed by atoms with E-state index in [1.165, 1.54) is 135 Å². The van der Waals surface area contributed by atoms with E-state index < -0.39 is 97.5 Å². The zero-order chi connectivity index (χ0) is 65.4. The lowest BCUT2D eigenvalue weighted by Crippen LogP contribution is -2.30. The number of phosphoric acid groups is 2. The van der Waals surface area contributed by atoms with Crippen molar-refractivity contribution in [3.05, 3.63) is 0 Å². The van der Waals surface area contributed by atoms with Gasteiger partial charge in [-0.1, -0.05) is 287 Å². The van der Waals surface area contributed by atoms with Gasteiger partial charge in [-0.3, -0.25) is 37.3 Å². The molecule has 0 spiro atoms. The Balaban J connectivity index is 5.21. The van der Waals surface area contributed by atoms with Gasteiger partial charge in [0, 0.05) is 25.7 Å². The van der Waals surface area contributed by atoms with Gasteiger partial charge in [0.05, 0.1) is 26.4 Å². The molecule has 3 N–H and O–H groups in total. The summed E-state index contributed by atoms with van der Waals surface area (Å²) < 4.78 is 68.2. The molecule has 0 rings (SSSR count). The lowest BCUT2D eigenvalue weighted by molar-refractivity contribution is -0.161. The van der Waals surface area contributed by atoms with Gasteiger partial charge in [-0.05, 0) is 49.4 Å². The molecule has 0 aromatic rings. The first-order valence-corrected chi connectivity index (χ1v) is 38.7. The van der Waals surface area contributed by atoms with Crippen LogP contribution in [0.5, 0.6) is 0 Å². The van der Waals surface area contributed by atoms with Gasteiger partial charge in [-0.15, -0.1) is 0 Å². The number of rotatable bonds is 66. The van der Waals surface area contributed by atoms with Gasteiger partial charge in [0.15, 0.2) is 12.2 Å². The molecule has 2 unspecified atom stereocenters. The first-order valence-electron chi connectivity index (χ1n) is 35.7. The Morgan fingerprint density at radius 1 is 0.284 bits per heavy atom. The molecular formula is C69H134O17P2. The average Bonchev–Trinajstić information content (AvgIpc) is 3.57. The SMILES string of the molecule is CC(C)CCCCCCCCCCCCCCCCCC(=O)O[C@H](COC(=O)CCCCCCCCCCC(C)C)COP(=O)(O)OC[C@@H](O)COP(=O)(O)OC[C@@H](COC(=O)CCCCCCCCC(C)C)OC(=O)CCCCCCCCCC(C)C. The summed E-state index contributed by atoms with van der Waals surface area (Å²) in [4.78, 5) is 72.4. The summed E-state index contributed by atoms with van der Waals surface area (Å²) in [6, 6.07) is 0. The Labute approximate surface area is 537 Å². The number of ether oxygens (including phenoxy) is 4. The van der Waals surface area contributed by atoms with Crippen molar-refractivity contribution in [2.24, 2.45) is 23.7 Å². The second-order valence-electron chi connectivity index (χ2n) is 26.8. The van der Waals surface area contributed by atoms with Gasteiger partial charge in [0.1, 0.15) is 19.3 Å². The van der Waals surface area contributed by atoms with Crippen molar-refractivity contribution in [1.29, 1.82) is 0 Å². The van der Waals surface area contributed by atoms with Crippen molar-refractivity contribution in [1.82, 2.24) is 0 Å². The maximum Gasteiger partial charge on any atom is 0.472 e. The second kappa shape index (κ2) is 58.8. The molecule has 88 heavy (non-hydrogen) atoms. The number of hydrogen-bond donors (Lipinski definition) is 3. The number of aliphatic hydroxyl groups excluding tert-OH is 1. The number of phosphoric ester groups is 2. The topological polar surface area (TPSA) is 237 Å². The van der Waals surface area contributed by atoms with Gasteiger partial charge in [-0.25, -0.2) is 9.13 Å². The monoisotopic (exact) mass is 1300 g/mol. The average molecular weight is 1300 g/mol. The molecule has 5 atom stereocenters. The Kier molecular flexibility index (Phi) is 57.6. The molecule has 17 nitrogen and oxygen atoms in total. The number of carbonyl (C=O) groups is 4. The van der Waals surface area contributed by atoms with E-state index in [9.17, 15) is 43.2 Å². The van der Waals surface area contributed by atoms with E-state index in [1.54, 1.807) is 0 Å². The Morgan fingerprint density at radius 2 is 0.477 bits per heavy atom. The highest BCUT2D eigenvalue weighted by molar-refractivity contribution is 7.47. The zero-order valence-electron chi connectivity index (χ0n) is 57.3. The summed E-state index contributed by atoms with van der Waals surface area (Å²) in [5.41, 5.74) is 0. The predicted octanol–water partition coefficient (Wildman–Crippen LogP) is 19.3. The molecule has 0 saturated heterocycles. The first-order chi connectivity index (χ1) is 42.1. The highest BCUT2D eigenvalue weighted by Gasteiger charge is 2.30. The van der Waals surface area contributed by atoms with E-state index in [0.29, 0.717) is 37.5 Å². The number of hydrogen-bond acceptors (Lipinski definition) is 15. The molecule has 0 heterocycles. The second-order valence-corrected chi connectivity index (χ2v) is 29.7. The molecule has 0 aliphatic carbocycles. The van der Waals surface area contributed by atoms with Gasteiger partial charge in [-0.2, -0.15) is 0 Å². The molecule has 0 aromatic carbocycles. The minimum atomic E-state index is -4.95. The fourth-order valence-electron chi connectivity index (χ4n) is 10.3. The van der Waals surface area contributed by atoms with Crippen LogP contribution in [0.1, 0.15) is 338 Å². The van der Waals surface area contributed by atoms with Crippen LogP contribution in [-0.2, 0) is 65.4 Å². The van der Waals surface area contributed by atoms with Crippen LogP contribution in [0.4, 0.5) is 0 Å². The van der Waals surface area contributed by atoms with Crippen LogP contribution < -0.4 is 0 Å². The number of unbranched alkanes of at least 4 members (excludes halogenated alkanes) is 32. The van der Waals surface area contributed by atoms with Crippen molar-refractivity contribution in [3.63, 3.8) is 0 Å². The molecule has 522 valence electrons. The van der Waals surface area contributed by atoms with Gasteiger partial charge < -0.3 is 33.8 Å². The number of esters is 4. The van der Waals surface area contributed by atoms with E-state index in [4.69, 9.17) is 37.0 Å².